The standard InChI is InChI=1S/C20H22N2O3S/c1-3-5-12-21-19(23)14-10-11-18-16(13-14)22(4-2)20(24)15-8-6-7-9-17(15)26(18)25/h6-11,13H,3-5,12H2,1-2H3,(H,21,23). The number of benzene rings is 2. The lowest BCUT2D eigenvalue weighted by molar-refractivity contribution is 0.0949. The molecule has 2 amide bonds. The van der Waals surface area contributed by atoms with Gasteiger partial charge in [0.2, 0.25) is 0 Å². The van der Waals surface area contributed by atoms with Gasteiger partial charge in [-0.05, 0) is 43.7 Å². The van der Waals surface area contributed by atoms with Crippen molar-refractivity contribution in [1.29, 1.82) is 0 Å². The zero-order valence-electron chi connectivity index (χ0n) is 15.0. The third-order valence-electron chi connectivity index (χ3n) is 4.41. The number of amides is 2. The number of nitrogens with zero attached hydrogens (tertiary/aromatic N) is 1. The first-order valence-electron chi connectivity index (χ1n) is 8.83. The maximum Gasteiger partial charge on any atom is 0.259 e. The van der Waals surface area contributed by atoms with Crippen LogP contribution in [0.5, 0.6) is 0 Å². The van der Waals surface area contributed by atoms with E-state index in [0.717, 1.165) is 12.8 Å². The van der Waals surface area contributed by atoms with Gasteiger partial charge in [-0.15, -0.1) is 0 Å². The lowest BCUT2D eigenvalue weighted by Gasteiger charge is -2.21. The molecule has 1 atom stereocenters. The number of hydrogen-bond donors (Lipinski definition) is 1. The van der Waals surface area contributed by atoms with E-state index >= 15 is 0 Å². The Kier molecular flexibility index (Phi) is 5.52. The monoisotopic (exact) mass is 370 g/mol. The van der Waals surface area contributed by atoms with Gasteiger partial charge in [-0.2, -0.15) is 0 Å². The van der Waals surface area contributed by atoms with E-state index < -0.39 is 10.8 Å². The van der Waals surface area contributed by atoms with Crippen molar-refractivity contribution in [2.24, 2.45) is 0 Å². The molecule has 0 saturated carbocycles. The Morgan fingerprint density at radius 2 is 1.88 bits per heavy atom. The van der Waals surface area contributed by atoms with Gasteiger partial charge in [0, 0.05) is 18.7 Å². The van der Waals surface area contributed by atoms with E-state index in [1.54, 1.807) is 47.4 Å². The van der Waals surface area contributed by atoms with Gasteiger partial charge in [0.05, 0.1) is 31.8 Å². The van der Waals surface area contributed by atoms with Gasteiger partial charge in [-0.1, -0.05) is 25.5 Å². The van der Waals surface area contributed by atoms with Gasteiger partial charge in [0.25, 0.3) is 11.8 Å². The number of nitrogens with one attached hydrogen (secondary N) is 1. The summed E-state index contributed by atoms with van der Waals surface area (Å²) < 4.78 is 13.1. The minimum atomic E-state index is -1.47. The normalized spacial score (nSPS) is 15.8. The van der Waals surface area contributed by atoms with Crippen LogP contribution in [0, 0.1) is 0 Å². The molecule has 6 heteroatoms. The second-order valence-electron chi connectivity index (χ2n) is 6.11. The van der Waals surface area contributed by atoms with E-state index in [1.165, 1.54) is 0 Å². The molecule has 0 saturated heterocycles. The lowest BCUT2D eigenvalue weighted by atomic mass is 10.1. The maximum absolute atomic E-state index is 13.1. The molecule has 1 heterocycles. The van der Waals surface area contributed by atoms with Crippen molar-refractivity contribution in [3.8, 4) is 0 Å². The van der Waals surface area contributed by atoms with Crippen LogP contribution < -0.4 is 10.2 Å². The fraction of sp³-hybridized carbons (Fsp3) is 0.300. The molecule has 0 aromatic heterocycles. The first-order valence-corrected chi connectivity index (χ1v) is 9.98. The molecule has 2 aromatic rings. The summed E-state index contributed by atoms with van der Waals surface area (Å²) in [6.07, 6.45) is 1.91. The third kappa shape index (κ3) is 3.29. The van der Waals surface area contributed by atoms with Gasteiger partial charge in [-0.25, -0.2) is 4.21 Å². The highest BCUT2D eigenvalue weighted by atomic mass is 32.2. The summed E-state index contributed by atoms with van der Waals surface area (Å²) in [6.45, 7) is 4.97. The van der Waals surface area contributed by atoms with E-state index in [9.17, 15) is 13.8 Å². The summed E-state index contributed by atoms with van der Waals surface area (Å²) >= 11 is 0. The highest BCUT2D eigenvalue weighted by Gasteiger charge is 2.30. The Bertz CT molecular complexity index is 879. The number of carbonyl (C=O) groups excluding carboxylic acids is 2. The fourth-order valence-electron chi connectivity index (χ4n) is 3.00. The van der Waals surface area contributed by atoms with Crippen LogP contribution in [0.4, 0.5) is 5.69 Å². The first kappa shape index (κ1) is 18.3. The molecule has 3 rings (SSSR count). The summed E-state index contributed by atoms with van der Waals surface area (Å²) in [4.78, 5) is 28.0. The smallest absolute Gasteiger partial charge is 0.259 e. The Morgan fingerprint density at radius 1 is 1.12 bits per heavy atom. The average molecular weight is 370 g/mol. The highest BCUT2D eigenvalue weighted by Crippen LogP contribution is 2.34. The Hall–Kier alpha value is -2.47. The molecule has 0 radical (unpaired) electrons. The van der Waals surface area contributed by atoms with Crippen molar-refractivity contribution >= 4 is 28.3 Å². The summed E-state index contributed by atoms with van der Waals surface area (Å²) in [5.74, 6) is -0.379. The molecule has 136 valence electrons. The average Bonchev–Trinajstić information content (AvgIpc) is 2.75. The van der Waals surface area contributed by atoms with Crippen LogP contribution in [-0.2, 0) is 10.8 Å². The second kappa shape index (κ2) is 7.83. The molecule has 0 bridgehead atoms. The predicted octanol–water partition coefficient (Wildman–Crippen LogP) is 3.36. The van der Waals surface area contributed by atoms with E-state index in [4.69, 9.17) is 0 Å². The number of carbonyl (C=O) groups is 2. The Labute approximate surface area is 155 Å². The molecule has 1 unspecified atom stereocenters. The van der Waals surface area contributed by atoms with Crippen molar-refractivity contribution in [1.82, 2.24) is 5.32 Å². The van der Waals surface area contributed by atoms with Crippen LogP contribution in [0.15, 0.2) is 52.3 Å². The van der Waals surface area contributed by atoms with Gasteiger partial charge in [0.15, 0.2) is 0 Å². The van der Waals surface area contributed by atoms with Crippen LogP contribution in [0.1, 0.15) is 47.4 Å². The highest BCUT2D eigenvalue weighted by molar-refractivity contribution is 7.85. The molecule has 26 heavy (non-hydrogen) atoms. The van der Waals surface area contributed by atoms with E-state index in [-0.39, 0.29) is 11.8 Å². The van der Waals surface area contributed by atoms with Crippen molar-refractivity contribution in [2.45, 2.75) is 36.5 Å². The minimum absolute atomic E-state index is 0.183. The van der Waals surface area contributed by atoms with Crippen LogP contribution >= 0.6 is 0 Å². The molecule has 2 aromatic carbocycles. The molecular weight excluding hydrogens is 348 g/mol. The number of rotatable bonds is 5. The SMILES string of the molecule is CCCCNC(=O)c1ccc2c(c1)N(CC)C(=O)c1ccccc1S2=O. The second-order valence-corrected chi connectivity index (χ2v) is 7.52. The topological polar surface area (TPSA) is 66.5 Å². The molecule has 1 aliphatic heterocycles. The maximum atomic E-state index is 13.1. The van der Waals surface area contributed by atoms with Gasteiger partial charge >= 0.3 is 0 Å². The molecule has 5 nitrogen and oxygen atoms in total. The molecule has 0 aliphatic carbocycles. The quantitative estimate of drug-likeness (QED) is 0.821. The predicted molar refractivity (Wildman–Crippen MR) is 102 cm³/mol. The molecule has 0 fully saturated rings. The van der Waals surface area contributed by atoms with Gasteiger partial charge < -0.3 is 10.2 Å². The van der Waals surface area contributed by atoms with Gasteiger partial charge in [0.1, 0.15) is 0 Å². The third-order valence-corrected chi connectivity index (χ3v) is 5.91. The van der Waals surface area contributed by atoms with Crippen molar-refractivity contribution in [2.75, 3.05) is 18.0 Å². The van der Waals surface area contributed by atoms with E-state index in [1.807, 2.05) is 6.92 Å². The van der Waals surface area contributed by atoms with E-state index in [2.05, 4.69) is 12.2 Å². The van der Waals surface area contributed by atoms with Crippen molar-refractivity contribution in [3.05, 3.63) is 53.6 Å². The number of hydrogen-bond acceptors (Lipinski definition) is 3. The largest absolute Gasteiger partial charge is 0.352 e. The number of fused-ring (bicyclic) bond motifs is 2. The van der Waals surface area contributed by atoms with Crippen LogP contribution in [0.2, 0.25) is 0 Å². The van der Waals surface area contributed by atoms with Crippen molar-refractivity contribution in [3.63, 3.8) is 0 Å². The molecule has 1 N–H and O–H groups in total. The fourth-order valence-corrected chi connectivity index (χ4v) is 4.34. The van der Waals surface area contributed by atoms with Crippen LogP contribution in [0.25, 0.3) is 0 Å². The minimum Gasteiger partial charge on any atom is -0.352 e. The van der Waals surface area contributed by atoms with E-state index in [0.29, 0.717) is 39.7 Å². The summed E-state index contributed by atoms with van der Waals surface area (Å²) in [6, 6.07) is 12.0. The summed E-state index contributed by atoms with van der Waals surface area (Å²) in [7, 11) is -1.47. The van der Waals surface area contributed by atoms with Crippen LogP contribution in [0.3, 0.4) is 0 Å². The number of unbranched alkanes of at least 4 members (excludes halogenated alkanes) is 1. The number of anilines is 1. The Morgan fingerprint density at radius 3 is 2.62 bits per heavy atom. The Balaban J connectivity index is 2.05. The van der Waals surface area contributed by atoms with Crippen LogP contribution in [-0.4, -0.2) is 29.1 Å². The molecular formula is C20H22N2O3S. The molecule has 0 spiro atoms. The summed E-state index contributed by atoms with van der Waals surface area (Å²) in [5, 5.41) is 2.88. The summed E-state index contributed by atoms with van der Waals surface area (Å²) in [5.41, 5.74) is 1.45. The lowest BCUT2D eigenvalue weighted by Crippen LogP contribution is -2.31. The van der Waals surface area contributed by atoms with Crippen molar-refractivity contribution < 1.29 is 13.8 Å². The molecule has 1 aliphatic rings. The zero-order chi connectivity index (χ0) is 18.7. The zero-order valence-corrected chi connectivity index (χ0v) is 15.8. The van der Waals surface area contributed by atoms with Gasteiger partial charge in [-0.3, -0.25) is 9.59 Å². The first-order chi connectivity index (χ1) is 12.6.